The molecule has 1 aliphatic rings. The fraction of sp³-hybridized carbons (Fsp3) is 0.625. The van der Waals surface area contributed by atoms with Crippen LogP contribution in [-0.4, -0.2) is 36.5 Å². The number of nitriles is 1. The standard InChI is InChI=1S/C8H12N2O2/c1-10-5-6(4-9)3-7(11)8(10)12-2/h5,7-8,11H,3H2,1-2H3/t7-,8+/m1/s1. The summed E-state index contributed by atoms with van der Waals surface area (Å²) in [6, 6.07) is 2.01. The molecule has 0 unspecified atom stereocenters. The fourth-order valence-electron chi connectivity index (χ4n) is 1.37. The van der Waals surface area contributed by atoms with Crippen molar-refractivity contribution < 1.29 is 9.84 Å². The van der Waals surface area contributed by atoms with Crippen LogP contribution in [0.15, 0.2) is 11.8 Å². The van der Waals surface area contributed by atoms with Crippen LogP contribution in [0.4, 0.5) is 0 Å². The van der Waals surface area contributed by atoms with Crippen molar-refractivity contribution in [2.75, 3.05) is 14.2 Å². The van der Waals surface area contributed by atoms with Gasteiger partial charge < -0.3 is 14.7 Å². The molecule has 12 heavy (non-hydrogen) atoms. The van der Waals surface area contributed by atoms with Crippen LogP contribution >= 0.6 is 0 Å². The van der Waals surface area contributed by atoms with Gasteiger partial charge in [-0.05, 0) is 0 Å². The summed E-state index contributed by atoms with van der Waals surface area (Å²) in [5.41, 5.74) is 0.582. The highest BCUT2D eigenvalue weighted by molar-refractivity contribution is 5.23. The third-order valence-electron chi connectivity index (χ3n) is 1.90. The van der Waals surface area contributed by atoms with Gasteiger partial charge in [-0.3, -0.25) is 0 Å². The molecule has 0 bridgehead atoms. The van der Waals surface area contributed by atoms with E-state index in [1.807, 2.05) is 6.07 Å². The molecule has 0 aliphatic carbocycles. The van der Waals surface area contributed by atoms with Crippen LogP contribution in [0.25, 0.3) is 0 Å². The Balaban J connectivity index is 2.77. The maximum absolute atomic E-state index is 9.48. The molecular formula is C8H12N2O2. The van der Waals surface area contributed by atoms with E-state index in [0.29, 0.717) is 12.0 Å². The topological polar surface area (TPSA) is 56.5 Å². The first-order chi connectivity index (χ1) is 5.69. The van der Waals surface area contributed by atoms with E-state index < -0.39 is 6.10 Å². The van der Waals surface area contributed by atoms with Gasteiger partial charge in [0.1, 0.15) is 6.10 Å². The molecule has 4 heteroatoms. The average Bonchev–Trinajstić information content (AvgIpc) is 2.03. The third-order valence-corrected chi connectivity index (χ3v) is 1.90. The molecule has 2 atom stereocenters. The normalized spacial score (nSPS) is 29.5. The van der Waals surface area contributed by atoms with Crippen LogP contribution in [0.2, 0.25) is 0 Å². The molecule has 0 aromatic heterocycles. The molecule has 1 N–H and O–H groups in total. The first-order valence-corrected chi connectivity index (χ1v) is 3.72. The zero-order valence-corrected chi connectivity index (χ0v) is 7.19. The number of likely N-dealkylation sites (N-methyl/N-ethyl adjacent to an activating group) is 1. The quantitative estimate of drug-likeness (QED) is 0.601. The number of ether oxygens (including phenoxy) is 1. The molecule has 0 aromatic carbocycles. The number of rotatable bonds is 1. The summed E-state index contributed by atoms with van der Waals surface area (Å²) in [6.07, 6.45) is 1.13. The maximum atomic E-state index is 9.48. The van der Waals surface area contributed by atoms with Crippen molar-refractivity contribution in [3.63, 3.8) is 0 Å². The summed E-state index contributed by atoms with van der Waals surface area (Å²) >= 11 is 0. The molecule has 0 spiro atoms. The Kier molecular flexibility index (Phi) is 2.69. The van der Waals surface area contributed by atoms with Crippen molar-refractivity contribution in [2.24, 2.45) is 0 Å². The highest BCUT2D eigenvalue weighted by Crippen LogP contribution is 2.19. The fourth-order valence-corrected chi connectivity index (χ4v) is 1.37. The number of nitrogens with zero attached hydrogens (tertiary/aromatic N) is 2. The Labute approximate surface area is 71.7 Å². The summed E-state index contributed by atoms with van der Waals surface area (Å²) in [5, 5.41) is 18.1. The van der Waals surface area contributed by atoms with E-state index in [1.54, 1.807) is 18.1 Å². The average molecular weight is 168 g/mol. The van der Waals surface area contributed by atoms with Gasteiger partial charge >= 0.3 is 0 Å². The third kappa shape index (κ3) is 1.58. The van der Waals surface area contributed by atoms with E-state index in [1.165, 1.54) is 7.11 Å². The van der Waals surface area contributed by atoms with Gasteiger partial charge in [0.2, 0.25) is 0 Å². The lowest BCUT2D eigenvalue weighted by Crippen LogP contribution is -2.43. The summed E-state index contributed by atoms with van der Waals surface area (Å²) in [5.74, 6) is 0. The molecule has 0 saturated carbocycles. The Hall–Kier alpha value is -1.05. The highest BCUT2D eigenvalue weighted by Gasteiger charge is 2.27. The van der Waals surface area contributed by atoms with Crippen molar-refractivity contribution in [2.45, 2.75) is 18.8 Å². The summed E-state index contributed by atoms with van der Waals surface area (Å²) in [7, 11) is 3.31. The van der Waals surface area contributed by atoms with Gasteiger partial charge in [0.05, 0.1) is 6.07 Å². The molecule has 1 rings (SSSR count). The Morgan fingerprint density at radius 3 is 2.92 bits per heavy atom. The second-order valence-corrected chi connectivity index (χ2v) is 2.83. The van der Waals surface area contributed by atoms with Crippen molar-refractivity contribution in [1.82, 2.24) is 4.90 Å². The minimum atomic E-state index is -0.611. The molecule has 1 aliphatic heterocycles. The van der Waals surface area contributed by atoms with Gasteiger partial charge in [-0.1, -0.05) is 0 Å². The minimum Gasteiger partial charge on any atom is -0.388 e. The van der Waals surface area contributed by atoms with E-state index >= 15 is 0 Å². The lowest BCUT2D eigenvalue weighted by Gasteiger charge is -2.33. The van der Waals surface area contributed by atoms with Crippen molar-refractivity contribution >= 4 is 0 Å². The molecular weight excluding hydrogens is 156 g/mol. The molecule has 0 fully saturated rings. The predicted octanol–water partition coefficient (Wildman–Crippen LogP) is 0.0628. The molecule has 0 amide bonds. The lowest BCUT2D eigenvalue weighted by molar-refractivity contribution is -0.0852. The van der Waals surface area contributed by atoms with Crippen LogP contribution < -0.4 is 0 Å². The van der Waals surface area contributed by atoms with E-state index in [-0.39, 0.29) is 6.23 Å². The number of hydrogen-bond acceptors (Lipinski definition) is 4. The van der Waals surface area contributed by atoms with Crippen LogP contribution in [-0.2, 0) is 4.74 Å². The van der Waals surface area contributed by atoms with Crippen molar-refractivity contribution in [1.29, 1.82) is 5.26 Å². The first kappa shape index (κ1) is 9.04. The monoisotopic (exact) mass is 168 g/mol. The van der Waals surface area contributed by atoms with E-state index in [9.17, 15) is 5.11 Å². The van der Waals surface area contributed by atoms with Gasteiger partial charge in [-0.15, -0.1) is 0 Å². The Morgan fingerprint density at radius 1 is 1.83 bits per heavy atom. The van der Waals surface area contributed by atoms with Crippen LogP contribution in [0.1, 0.15) is 6.42 Å². The molecule has 0 radical (unpaired) electrons. The van der Waals surface area contributed by atoms with Crippen LogP contribution in [0.5, 0.6) is 0 Å². The van der Waals surface area contributed by atoms with Crippen molar-refractivity contribution in [3.8, 4) is 6.07 Å². The van der Waals surface area contributed by atoms with Gasteiger partial charge in [0.15, 0.2) is 6.23 Å². The smallest absolute Gasteiger partial charge is 0.155 e. The molecule has 0 aromatic rings. The SMILES string of the molecule is CO[C@H]1[C@H](O)CC(C#N)=CN1C. The first-order valence-electron chi connectivity index (χ1n) is 3.72. The molecule has 66 valence electrons. The predicted molar refractivity (Wildman–Crippen MR) is 42.9 cm³/mol. The van der Waals surface area contributed by atoms with Crippen molar-refractivity contribution in [3.05, 3.63) is 11.8 Å². The molecule has 1 heterocycles. The Morgan fingerprint density at radius 2 is 2.50 bits per heavy atom. The number of aliphatic hydroxyl groups excluding tert-OH is 1. The van der Waals surface area contributed by atoms with Crippen LogP contribution in [0, 0.1) is 11.3 Å². The van der Waals surface area contributed by atoms with Gasteiger partial charge in [0.25, 0.3) is 0 Å². The molecule has 0 saturated heterocycles. The zero-order valence-electron chi connectivity index (χ0n) is 7.19. The lowest BCUT2D eigenvalue weighted by atomic mass is 10.1. The zero-order chi connectivity index (χ0) is 9.14. The summed E-state index contributed by atoms with van der Waals surface area (Å²) in [6.45, 7) is 0. The summed E-state index contributed by atoms with van der Waals surface area (Å²) in [4.78, 5) is 1.70. The number of methoxy groups -OCH3 is 1. The second-order valence-electron chi connectivity index (χ2n) is 2.83. The number of aliphatic hydroxyl groups is 1. The Bertz CT molecular complexity index is 232. The van der Waals surface area contributed by atoms with E-state index in [4.69, 9.17) is 10.00 Å². The molecule has 4 nitrogen and oxygen atoms in total. The van der Waals surface area contributed by atoms with E-state index in [2.05, 4.69) is 0 Å². The van der Waals surface area contributed by atoms with Gasteiger partial charge in [0, 0.05) is 32.4 Å². The highest BCUT2D eigenvalue weighted by atomic mass is 16.5. The largest absolute Gasteiger partial charge is 0.388 e. The van der Waals surface area contributed by atoms with E-state index in [0.717, 1.165) is 0 Å². The van der Waals surface area contributed by atoms with Gasteiger partial charge in [-0.2, -0.15) is 5.26 Å². The summed E-state index contributed by atoms with van der Waals surface area (Å²) < 4.78 is 5.03. The van der Waals surface area contributed by atoms with Crippen LogP contribution in [0.3, 0.4) is 0 Å². The maximum Gasteiger partial charge on any atom is 0.155 e. The van der Waals surface area contributed by atoms with Gasteiger partial charge in [-0.25, -0.2) is 0 Å². The minimum absolute atomic E-state index is 0.331. The second kappa shape index (κ2) is 3.57. The number of hydrogen-bond donors (Lipinski definition) is 1.